The number of quaternary nitrogens is 1. The van der Waals surface area contributed by atoms with Crippen LogP contribution in [0.5, 0.6) is 0 Å². The van der Waals surface area contributed by atoms with Crippen molar-refractivity contribution in [1.29, 1.82) is 0 Å². The van der Waals surface area contributed by atoms with E-state index in [1.54, 1.807) is 27.7 Å². The molecule has 2 amide bonds. The molecule has 0 saturated heterocycles. The van der Waals surface area contributed by atoms with E-state index >= 15 is 0 Å². The van der Waals surface area contributed by atoms with Crippen molar-refractivity contribution in [3.63, 3.8) is 0 Å². The standard InChI is InChI=1S/C10H18N4O5.C9H15NO5.C4H7N3O2.C3H6N4O2.C2H5Br.CH2Br2.CH2BrN3.CH3F.N3.Na/c1-4-17-10(16)9(19-18-5-2)8(6-12-14-11)13-7(3)15;1-4-14-8(12)7(10-6(3)11)9(13)15-5-2;1-3(4(8)9)2-6-7-5;4-2(3(8)9)1-6-7-5;1-2-3;2-1-3;2-1-4-5-3;1-2;1-3-2;/h8-9H,4-6H2,1-3H3,(H,13,15);7H,4-5H2,1-3H3,(H,10,11);3H,2H2,1H3,(H,8,9);2H,1,4H2,(H,8,9);2H2,1H3;1H2;1H2;1H3;;/q;;;;;;;;-1;+1/p+1/i;;;;;;;1D;;. The van der Waals surface area contributed by atoms with Crippen molar-refractivity contribution in [2.75, 3.05) is 68.2 Å². The van der Waals surface area contributed by atoms with Gasteiger partial charge in [-0.05, 0) is 49.8 Å². The molecule has 7 N–H and O–H groups in total. The van der Waals surface area contributed by atoms with Gasteiger partial charge in [-0.25, -0.2) is 29.0 Å². The fraction of sp³-hybridized carbons (Fsp3) is 0.774. The molecule has 69 heavy (non-hydrogen) atoms. The summed E-state index contributed by atoms with van der Waals surface area (Å²) in [4.78, 5) is 97.0. The van der Waals surface area contributed by atoms with Crippen LogP contribution in [0.15, 0.2) is 20.5 Å². The van der Waals surface area contributed by atoms with E-state index in [0.717, 1.165) is 9.57 Å². The number of amides is 2. The molecular formula is C31H59Br4FN18NaO14+. The van der Waals surface area contributed by atoms with Crippen LogP contribution in [0, 0.1) is 5.92 Å². The van der Waals surface area contributed by atoms with E-state index in [0.29, 0.717) is 5.45 Å². The number of carbonyl (C=O) groups is 7. The summed E-state index contributed by atoms with van der Waals surface area (Å²) in [6.45, 7) is 12.9. The molecule has 0 aromatic heterocycles. The van der Waals surface area contributed by atoms with E-state index in [2.05, 4.69) is 130 Å². The Kier molecular flexibility index (Phi) is 92.0. The molecule has 0 spiro atoms. The van der Waals surface area contributed by atoms with Crippen molar-refractivity contribution >= 4 is 105 Å². The first-order valence-electron chi connectivity index (χ1n) is 19.0. The summed E-state index contributed by atoms with van der Waals surface area (Å²) >= 11 is 12.2. The number of ether oxygens (including phenoxy) is 3. The van der Waals surface area contributed by atoms with E-state index < -0.39 is 79.0 Å². The summed E-state index contributed by atoms with van der Waals surface area (Å²) in [6.07, 6.45) is -1.20. The summed E-state index contributed by atoms with van der Waals surface area (Å²) in [7, 11) is -1.00. The predicted octanol–water partition coefficient (Wildman–Crippen LogP) is 3.57. The number of alkyl halides is 5. The maximum absolute atomic E-state index is 11.7. The molecule has 0 radical (unpaired) electrons. The number of carboxylic acids is 2. The number of esters is 3. The molecule has 0 aliphatic carbocycles. The second-order valence-corrected chi connectivity index (χ2v) is 14.2. The molecule has 0 rings (SSSR count). The fourth-order valence-electron chi connectivity index (χ4n) is 2.58. The minimum absolute atomic E-state index is 0. The van der Waals surface area contributed by atoms with Crippen LogP contribution in [-0.4, -0.2) is 144 Å². The van der Waals surface area contributed by atoms with Gasteiger partial charge in [0.15, 0.2) is 6.04 Å². The molecule has 0 saturated carbocycles. The van der Waals surface area contributed by atoms with Gasteiger partial charge in [0.05, 0.1) is 63.1 Å². The number of halogens is 5. The first-order valence-corrected chi connectivity index (χ1v) is 22.7. The van der Waals surface area contributed by atoms with E-state index in [1.165, 1.54) is 25.7 Å². The Morgan fingerprint density at radius 3 is 1.30 bits per heavy atom. The van der Waals surface area contributed by atoms with Crippen LogP contribution in [0.4, 0.5) is 4.39 Å². The number of hydrogen-bond donors (Lipinski definition) is 5. The average molecular weight is 1270 g/mol. The van der Waals surface area contributed by atoms with Gasteiger partial charge in [-0.3, -0.25) is 23.7 Å². The molecule has 0 fully saturated rings. The molecule has 0 aliphatic rings. The summed E-state index contributed by atoms with van der Waals surface area (Å²) in [5.41, 5.74) is 48.4. The van der Waals surface area contributed by atoms with Gasteiger partial charge >= 0.3 is 59.4 Å². The molecule has 392 valence electrons. The largest absolute Gasteiger partial charge is 1.00 e. The first kappa shape index (κ1) is 84.5. The Morgan fingerprint density at radius 1 is 0.681 bits per heavy atom. The molecule has 0 bridgehead atoms. The number of aliphatic carboxylic acids is 2. The monoisotopic (exact) mass is 1270 g/mol. The number of nitrogens with one attached hydrogen (secondary N) is 2. The van der Waals surface area contributed by atoms with Crippen molar-refractivity contribution in [2.45, 2.75) is 79.6 Å². The Hall–Kier alpha value is -4.43. The zero-order valence-electron chi connectivity index (χ0n) is 40.3. The SMILES string of the molecule is BrCBr.CC(CN=[N+]=[N-])C(=O)O.CCBr.CCOC(=O)C(NC(C)=O)C(=O)OCC.CCOOC(C(=O)OCC)C(CN=[N+]=[N-])NC(C)=O.[2H]CF.[N-]=[N+]=NCBr.[N-]=[N+]=NCC([NH3+])C(=O)O.[N-]=[N+]=[N-].[Na+]. The van der Waals surface area contributed by atoms with Crippen LogP contribution in [0.1, 0.15) is 56.8 Å². The third kappa shape index (κ3) is 80.9. The second-order valence-electron chi connectivity index (χ2n) is 9.94. The molecule has 0 aromatic carbocycles. The third-order valence-corrected chi connectivity index (χ3v) is 5.19. The van der Waals surface area contributed by atoms with Crippen LogP contribution < -0.4 is 45.9 Å². The van der Waals surface area contributed by atoms with Gasteiger partial charge in [-0.2, -0.15) is 0 Å². The Balaban J connectivity index is -0.0000000788. The molecule has 38 heteroatoms. The Labute approximate surface area is 453 Å². The quantitative estimate of drug-likeness (QED) is 0.00938. The van der Waals surface area contributed by atoms with Crippen molar-refractivity contribution in [3.8, 4) is 0 Å². The third-order valence-electron chi connectivity index (χ3n) is 4.97. The zero-order chi connectivity index (χ0) is 56.0. The second kappa shape index (κ2) is 75.1. The minimum Gasteiger partial charge on any atom is -0.481 e. The Bertz CT molecular complexity index is 1540. The number of rotatable bonds is 21. The van der Waals surface area contributed by atoms with Gasteiger partial charge in [0.2, 0.25) is 24.0 Å². The number of carboxylic acid groups (broad SMARTS) is 2. The van der Waals surface area contributed by atoms with Crippen LogP contribution in [-0.2, 0) is 57.5 Å². The van der Waals surface area contributed by atoms with Crippen molar-refractivity contribution in [2.24, 2.45) is 26.4 Å². The molecule has 0 aromatic rings. The van der Waals surface area contributed by atoms with E-state index in [1.807, 2.05) is 6.92 Å². The Morgan fingerprint density at radius 2 is 1.03 bits per heavy atom. The number of hydrogen-bond acceptors (Lipinski definition) is 16. The van der Waals surface area contributed by atoms with Crippen molar-refractivity contribution in [1.82, 2.24) is 10.6 Å². The average Bonchev–Trinajstić information content (AvgIpc) is 3.28. The molecule has 4 atom stereocenters. The maximum Gasteiger partial charge on any atom is 1.00 e. The van der Waals surface area contributed by atoms with E-state index in [-0.39, 0.29) is 75.6 Å². The van der Waals surface area contributed by atoms with E-state index in [9.17, 15) is 38.0 Å². The van der Waals surface area contributed by atoms with Crippen molar-refractivity contribution < 1.29 is 109 Å². The maximum atomic E-state index is 11.7. The summed E-state index contributed by atoms with van der Waals surface area (Å²) in [5.74, 6) is -5.81. The normalized spacial score (nSPS) is 10.0. The molecule has 0 heterocycles. The van der Waals surface area contributed by atoms with Crippen LogP contribution >= 0.6 is 63.7 Å². The van der Waals surface area contributed by atoms with E-state index in [4.69, 9.17) is 59.3 Å². The van der Waals surface area contributed by atoms with Gasteiger partial charge in [-0.1, -0.05) is 98.0 Å². The molecule has 0 aliphatic heterocycles. The number of carbonyl (C=O) groups excluding carboxylic acids is 5. The molecular weight excluding hydrogens is 1210 g/mol. The van der Waals surface area contributed by atoms with Gasteiger partial charge in [0.1, 0.15) is 0 Å². The zero-order valence-corrected chi connectivity index (χ0v) is 47.6. The van der Waals surface area contributed by atoms with Gasteiger partial charge in [0, 0.05) is 51.9 Å². The van der Waals surface area contributed by atoms with Gasteiger partial charge in [-0.15, -0.1) is 0 Å². The van der Waals surface area contributed by atoms with Crippen LogP contribution in [0.25, 0.3) is 57.7 Å². The summed E-state index contributed by atoms with van der Waals surface area (Å²) < 4.78 is 30.4. The smallest absolute Gasteiger partial charge is 0.481 e. The fourth-order valence-corrected chi connectivity index (χ4v) is 2.68. The minimum atomic E-state index is -1.37. The predicted molar refractivity (Wildman–Crippen MR) is 257 cm³/mol. The van der Waals surface area contributed by atoms with Gasteiger partial charge < -0.3 is 51.9 Å². The summed E-state index contributed by atoms with van der Waals surface area (Å²) in [5, 5.41) is 34.6. The number of azide groups is 4. The molecule has 32 nitrogen and oxygen atoms in total. The van der Waals surface area contributed by atoms with Crippen LogP contribution in [0.3, 0.4) is 0 Å². The van der Waals surface area contributed by atoms with Crippen molar-refractivity contribution in [3.05, 3.63) is 57.7 Å². The van der Waals surface area contributed by atoms with Crippen LogP contribution in [0.2, 0.25) is 0 Å². The molecule has 4 unspecified atom stereocenters. The first-order chi connectivity index (χ1) is 32.5. The number of nitrogens with zero attached hydrogens (tertiary/aromatic N) is 15. The summed E-state index contributed by atoms with van der Waals surface area (Å²) in [6, 6.07) is -3.07. The topological polar surface area (TPSA) is 512 Å². The van der Waals surface area contributed by atoms with Gasteiger partial charge in [0.25, 0.3) is 0 Å².